The van der Waals surface area contributed by atoms with E-state index in [2.05, 4.69) is 48.4 Å². The maximum absolute atomic E-state index is 5.94. The predicted octanol–water partition coefficient (Wildman–Crippen LogP) is 3.51. The van der Waals surface area contributed by atoms with Crippen LogP contribution in [0.25, 0.3) is 0 Å². The fourth-order valence-electron chi connectivity index (χ4n) is 2.04. The minimum atomic E-state index is 0.620. The molecule has 1 aromatic carbocycles. The molecule has 0 saturated heterocycles. The molecular weight excluding hydrogens is 270 g/mol. The molecule has 5 heteroatoms. The highest BCUT2D eigenvalue weighted by molar-refractivity contribution is 7.13. The van der Waals surface area contributed by atoms with Gasteiger partial charge in [-0.3, -0.25) is 0 Å². The smallest absolute Gasteiger partial charge is 0.299 e. The first kappa shape index (κ1) is 13.5. The number of nitrogens with one attached hydrogen (secondary N) is 1. The molecule has 0 spiro atoms. The molecule has 20 heavy (non-hydrogen) atoms. The number of benzene rings is 1. The molecule has 1 N–H and O–H groups in total. The molecule has 106 valence electrons. The number of hydrogen-bond acceptors (Lipinski definition) is 5. The zero-order valence-corrected chi connectivity index (χ0v) is 12.9. The maximum atomic E-state index is 5.94. The third kappa shape index (κ3) is 2.99. The molecule has 0 amide bonds. The molecule has 1 aliphatic rings. The summed E-state index contributed by atoms with van der Waals surface area (Å²) in [6.45, 7) is 7.01. The van der Waals surface area contributed by atoms with Crippen LogP contribution in [-0.4, -0.2) is 16.2 Å². The lowest BCUT2D eigenvalue weighted by molar-refractivity contribution is 0.465. The standard InChI is InChI=1S/C15H19N3OS/c1-9-4-5-10(2)14(11(9)3)19-15-18-17-13(20-15)8-16-12-6-7-12/h4-5,12,16H,6-8H2,1-3H3. The first-order chi connectivity index (χ1) is 9.63. The Bertz CT molecular complexity index is 620. The molecule has 0 bridgehead atoms. The van der Waals surface area contributed by atoms with Gasteiger partial charge in [-0.1, -0.05) is 28.6 Å². The third-order valence-electron chi connectivity index (χ3n) is 3.63. The van der Waals surface area contributed by atoms with Crippen molar-refractivity contribution in [3.8, 4) is 10.9 Å². The van der Waals surface area contributed by atoms with Crippen LogP contribution in [-0.2, 0) is 6.54 Å². The van der Waals surface area contributed by atoms with Crippen LogP contribution in [0.4, 0.5) is 0 Å². The topological polar surface area (TPSA) is 47.0 Å². The minimum absolute atomic E-state index is 0.620. The number of aromatic nitrogens is 2. The lowest BCUT2D eigenvalue weighted by Crippen LogP contribution is -2.14. The maximum Gasteiger partial charge on any atom is 0.299 e. The molecule has 1 saturated carbocycles. The number of rotatable bonds is 5. The summed E-state index contributed by atoms with van der Waals surface area (Å²) in [6.07, 6.45) is 2.56. The Balaban J connectivity index is 1.72. The Labute approximate surface area is 123 Å². The van der Waals surface area contributed by atoms with Gasteiger partial charge in [0.15, 0.2) is 0 Å². The lowest BCUT2D eigenvalue weighted by atomic mass is 10.1. The van der Waals surface area contributed by atoms with E-state index in [0.717, 1.165) is 28.4 Å². The minimum Gasteiger partial charge on any atom is -0.429 e. The Kier molecular flexibility index (Phi) is 3.72. The van der Waals surface area contributed by atoms with Crippen LogP contribution < -0.4 is 10.1 Å². The molecule has 4 nitrogen and oxygen atoms in total. The van der Waals surface area contributed by atoms with Crippen molar-refractivity contribution < 1.29 is 4.74 Å². The fourth-order valence-corrected chi connectivity index (χ4v) is 2.69. The molecule has 1 fully saturated rings. The van der Waals surface area contributed by atoms with Gasteiger partial charge in [0.25, 0.3) is 5.19 Å². The summed E-state index contributed by atoms with van der Waals surface area (Å²) >= 11 is 1.51. The van der Waals surface area contributed by atoms with Crippen molar-refractivity contribution >= 4 is 11.3 Å². The summed E-state index contributed by atoms with van der Waals surface area (Å²) in [5.74, 6) is 0.905. The van der Waals surface area contributed by atoms with Crippen LogP contribution in [0.2, 0.25) is 0 Å². The van der Waals surface area contributed by atoms with E-state index in [1.54, 1.807) is 0 Å². The van der Waals surface area contributed by atoms with Crippen molar-refractivity contribution in [1.29, 1.82) is 0 Å². The van der Waals surface area contributed by atoms with E-state index in [-0.39, 0.29) is 0 Å². The van der Waals surface area contributed by atoms with Gasteiger partial charge in [-0.05, 0) is 50.3 Å². The second-order valence-corrected chi connectivity index (χ2v) is 6.40. The molecule has 3 rings (SSSR count). The van der Waals surface area contributed by atoms with Crippen LogP contribution in [0.5, 0.6) is 10.9 Å². The quantitative estimate of drug-likeness (QED) is 0.915. The second-order valence-electron chi connectivity index (χ2n) is 5.37. The Hall–Kier alpha value is -1.46. The summed E-state index contributed by atoms with van der Waals surface area (Å²) in [7, 11) is 0. The van der Waals surface area contributed by atoms with E-state index in [0.29, 0.717) is 11.2 Å². The second kappa shape index (κ2) is 5.50. The van der Waals surface area contributed by atoms with Crippen molar-refractivity contribution in [2.24, 2.45) is 0 Å². The van der Waals surface area contributed by atoms with Crippen LogP contribution in [0, 0.1) is 20.8 Å². The summed E-state index contributed by atoms with van der Waals surface area (Å²) in [5, 5.41) is 13.3. The molecule has 1 heterocycles. The zero-order chi connectivity index (χ0) is 14.1. The molecule has 2 aromatic rings. The van der Waals surface area contributed by atoms with Gasteiger partial charge in [0.2, 0.25) is 0 Å². The van der Waals surface area contributed by atoms with Crippen LogP contribution >= 0.6 is 11.3 Å². The highest BCUT2D eigenvalue weighted by atomic mass is 32.1. The number of ether oxygens (including phenoxy) is 1. The fraction of sp³-hybridized carbons (Fsp3) is 0.467. The highest BCUT2D eigenvalue weighted by Crippen LogP contribution is 2.32. The molecular formula is C15H19N3OS. The van der Waals surface area contributed by atoms with Crippen LogP contribution in [0.1, 0.15) is 34.5 Å². The summed E-state index contributed by atoms with van der Waals surface area (Å²) < 4.78 is 5.94. The van der Waals surface area contributed by atoms with Gasteiger partial charge in [-0.15, -0.1) is 5.10 Å². The largest absolute Gasteiger partial charge is 0.429 e. The summed E-state index contributed by atoms with van der Waals surface area (Å²) in [5.41, 5.74) is 3.52. The number of hydrogen-bond donors (Lipinski definition) is 1. The van der Waals surface area contributed by atoms with Crippen molar-refractivity contribution in [3.63, 3.8) is 0 Å². The van der Waals surface area contributed by atoms with Gasteiger partial charge in [0, 0.05) is 6.04 Å². The van der Waals surface area contributed by atoms with E-state index in [1.807, 2.05) is 0 Å². The molecule has 0 atom stereocenters. The summed E-state index contributed by atoms with van der Waals surface area (Å²) in [4.78, 5) is 0. The molecule has 1 aromatic heterocycles. The van der Waals surface area contributed by atoms with Gasteiger partial charge >= 0.3 is 0 Å². The normalized spacial score (nSPS) is 14.6. The Morgan fingerprint density at radius 2 is 1.95 bits per heavy atom. The van der Waals surface area contributed by atoms with E-state index in [1.165, 1.54) is 29.7 Å². The van der Waals surface area contributed by atoms with Gasteiger partial charge in [0.05, 0.1) is 6.54 Å². The van der Waals surface area contributed by atoms with E-state index < -0.39 is 0 Å². The average Bonchev–Trinajstić information content (AvgIpc) is 3.16. The van der Waals surface area contributed by atoms with E-state index in [9.17, 15) is 0 Å². The third-order valence-corrected chi connectivity index (χ3v) is 4.43. The van der Waals surface area contributed by atoms with Gasteiger partial charge < -0.3 is 10.1 Å². The van der Waals surface area contributed by atoms with Crippen LogP contribution in [0.3, 0.4) is 0 Å². The summed E-state index contributed by atoms with van der Waals surface area (Å²) in [6, 6.07) is 4.88. The molecule has 0 unspecified atom stereocenters. The number of nitrogens with zero attached hydrogens (tertiary/aromatic N) is 2. The van der Waals surface area contributed by atoms with Gasteiger partial charge in [-0.25, -0.2) is 0 Å². The Morgan fingerprint density at radius 1 is 1.20 bits per heavy atom. The van der Waals surface area contributed by atoms with E-state index >= 15 is 0 Å². The van der Waals surface area contributed by atoms with Crippen molar-refractivity contribution in [2.45, 2.75) is 46.2 Å². The Morgan fingerprint density at radius 3 is 2.70 bits per heavy atom. The van der Waals surface area contributed by atoms with Crippen LogP contribution in [0.15, 0.2) is 12.1 Å². The monoisotopic (exact) mass is 289 g/mol. The van der Waals surface area contributed by atoms with Crippen molar-refractivity contribution in [1.82, 2.24) is 15.5 Å². The SMILES string of the molecule is Cc1ccc(C)c(Oc2nnc(CNC3CC3)s2)c1C. The van der Waals surface area contributed by atoms with Gasteiger partial charge in [0.1, 0.15) is 10.8 Å². The first-order valence-electron chi connectivity index (χ1n) is 6.94. The first-order valence-corrected chi connectivity index (χ1v) is 7.75. The number of aryl methyl sites for hydroxylation is 2. The lowest BCUT2D eigenvalue weighted by Gasteiger charge is -2.10. The van der Waals surface area contributed by atoms with Gasteiger partial charge in [-0.2, -0.15) is 0 Å². The highest BCUT2D eigenvalue weighted by Gasteiger charge is 2.21. The predicted molar refractivity (Wildman–Crippen MR) is 80.5 cm³/mol. The van der Waals surface area contributed by atoms with E-state index in [4.69, 9.17) is 4.74 Å². The molecule has 0 radical (unpaired) electrons. The zero-order valence-electron chi connectivity index (χ0n) is 12.1. The average molecular weight is 289 g/mol. The molecule has 0 aliphatic heterocycles. The van der Waals surface area contributed by atoms with Crippen molar-refractivity contribution in [2.75, 3.05) is 0 Å². The molecule has 1 aliphatic carbocycles. The van der Waals surface area contributed by atoms with Crippen molar-refractivity contribution in [3.05, 3.63) is 33.8 Å².